The molecule has 0 saturated carbocycles. The Bertz CT molecular complexity index is 916. The molecule has 0 bridgehead atoms. The standard InChI is InChI=1S/C20H14O3/c21-12-20(17-11-5-7-13-6-1-2-8-14(13)17)18(22)15-9-3-4-10-16(15)19(20)23/h1-11,21H,12H2. The summed E-state index contributed by atoms with van der Waals surface area (Å²) in [5.74, 6) is -0.645. The maximum atomic E-state index is 13.0. The lowest BCUT2D eigenvalue weighted by atomic mass is 9.75. The van der Waals surface area contributed by atoms with Gasteiger partial charge in [0.2, 0.25) is 0 Å². The van der Waals surface area contributed by atoms with E-state index in [9.17, 15) is 14.7 Å². The second-order valence-corrected chi connectivity index (χ2v) is 5.79. The molecule has 3 aromatic rings. The summed E-state index contributed by atoms with van der Waals surface area (Å²) < 4.78 is 0. The van der Waals surface area contributed by atoms with E-state index in [2.05, 4.69) is 0 Å². The van der Waals surface area contributed by atoms with Gasteiger partial charge in [0.1, 0.15) is 5.41 Å². The summed E-state index contributed by atoms with van der Waals surface area (Å²) in [6.45, 7) is -0.534. The van der Waals surface area contributed by atoms with Crippen molar-refractivity contribution < 1.29 is 14.7 Å². The third-order valence-corrected chi connectivity index (χ3v) is 4.68. The number of benzene rings is 3. The van der Waals surface area contributed by atoms with Gasteiger partial charge in [0.15, 0.2) is 11.6 Å². The first-order chi connectivity index (χ1) is 11.2. The molecule has 0 unspecified atom stereocenters. The highest BCUT2D eigenvalue weighted by Crippen LogP contribution is 2.42. The van der Waals surface area contributed by atoms with Crippen molar-refractivity contribution in [3.8, 4) is 0 Å². The van der Waals surface area contributed by atoms with E-state index in [1.807, 2.05) is 36.4 Å². The fourth-order valence-electron chi connectivity index (χ4n) is 3.51. The highest BCUT2D eigenvalue weighted by atomic mass is 16.3. The molecule has 0 fully saturated rings. The van der Waals surface area contributed by atoms with Crippen LogP contribution in [0.5, 0.6) is 0 Å². The molecule has 0 atom stereocenters. The Morgan fingerprint density at radius 3 is 1.96 bits per heavy atom. The van der Waals surface area contributed by atoms with Crippen molar-refractivity contribution in [1.29, 1.82) is 0 Å². The Morgan fingerprint density at radius 1 is 0.739 bits per heavy atom. The minimum atomic E-state index is -1.54. The number of hydrogen-bond donors (Lipinski definition) is 1. The summed E-state index contributed by atoms with van der Waals surface area (Å²) in [6, 6.07) is 19.9. The van der Waals surface area contributed by atoms with Gasteiger partial charge in [-0.15, -0.1) is 0 Å². The fourth-order valence-corrected chi connectivity index (χ4v) is 3.51. The maximum absolute atomic E-state index is 13.0. The van der Waals surface area contributed by atoms with Gasteiger partial charge in [-0.05, 0) is 16.3 Å². The molecular weight excluding hydrogens is 288 g/mol. The molecule has 1 aliphatic carbocycles. The number of aliphatic hydroxyl groups excluding tert-OH is 1. The van der Waals surface area contributed by atoms with Crippen molar-refractivity contribution >= 4 is 22.3 Å². The van der Waals surface area contributed by atoms with Gasteiger partial charge in [-0.25, -0.2) is 0 Å². The Morgan fingerprint density at radius 2 is 1.30 bits per heavy atom. The average Bonchev–Trinajstić information content (AvgIpc) is 2.83. The highest BCUT2D eigenvalue weighted by molar-refractivity contribution is 6.34. The molecule has 23 heavy (non-hydrogen) atoms. The summed E-state index contributed by atoms with van der Waals surface area (Å²) in [6.07, 6.45) is 0. The molecule has 0 saturated heterocycles. The van der Waals surface area contributed by atoms with Crippen molar-refractivity contribution in [3.63, 3.8) is 0 Å². The monoisotopic (exact) mass is 302 g/mol. The van der Waals surface area contributed by atoms with Gasteiger partial charge in [0.25, 0.3) is 0 Å². The summed E-state index contributed by atoms with van der Waals surface area (Å²) in [5, 5.41) is 11.9. The number of aliphatic hydroxyl groups is 1. The first kappa shape index (κ1) is 13.9. The predicted molar refractivity (Wildman–Crippen MR) is 87.8 cm³/mol. The van der Waals surface area contributed by atoms with E-state index >= 15 is 0 Å². The Hall–Kier alpha value is -2.78. The van der Waals surface area contributed by atoms with Gasteiger partial charge in [-0.2, -0.15) is 0 Å². The lowest BCUT2D eigenvalue weighted by Gasteiger charge is -2.25. The number of rotatable bonds is 2. The zero-order chi connectivity index (χ0) is 16.0. The van der Waals surface area contributed by atoms with E-state index in [-0.39, 0.29) is 11.6 Å². The predicted octanol–water partition coefficient (Wildman–Crippen LogP) is 3.15. The Balaban J connectivity index is 2.06. The molecule has 3 aromatic carbocycles. The third-order valence-electron chi connectivity index (χ3n) is 4.68. The zero-order valence-electron chi connectivity index (χ0n) is 12.3. The van der Waals surface area contributed by atoms with Crippen LogP contribution in [0.3, 0.4) is 0 Å². The second-order valence-electron chi connectivity index (χ2n) is 5.79. The summed E-state index contributed by atoms with van der Waals surface area (Å²) >= 11 is 0. The smallest absolute Gasteiger partial charge is 0.184 e. The number of carbonyl (C=O) groups is 2. The van der Waals surface area contributed by atoms with Gasteiger partial charge in [0, 0.05) is 11.1 Å². The number of hydrogen-bond acceptors (Lipinski definition) is 3. The van der Waals surface area contributed by atoms with Crippen LogP contribution in [-0.4, -0.2) is 23.3 Å². The maximum Gasteiger partial charge on any atom is 0.184 e. The Labute approximate surface area is 133 Å². The first-order valence-electron chi connectivity index (χ1n) is 7.48. The lowest BCUT2D eigenvalue weighted by molar-refractivity contribution is 0.0713. The van der Waals surface area contributed by atoms with Crippen molar-refractivity contribution in [2.45, 2.75) is 5.41 Å². The van der Waals surface area contributed by atoms with Crippen LogP contribution in [0, 0.1) is 0 Å². The van der Waals surface area contributed by atoms with Crippen LogP contribution >= 0.6 is 0 Å². The van der Waals surface area contributed by atoms with Crippen LogP contribution in [0.2, 0.25) is 0 Å². The Kier molecular flexibility index (Phi) is 2.93. The molecule has 0 spiro atoms. The normalized spacial score (nSPS) is 15.9. The van der Waals surface area contributed by atoms with Crippen LogP contribution in [0.1, 0.15) is 26.3 Å². The van der Waals surface area contributed by atoms with Gasteiger partial charge in [-0.1, -0.05) is 66.7 Å². The summed E-state index contributed by atoms with van der Waals surface area (Å²) in [5.41, 5.74) is -0.187. The number of ketones is 2. The lowest BCUT2D eigenvalue weighted by Crippen LogP contribution is -2.42. The quantitative estimate of drug-likeness (QED) is 0.740. The topological polar surface area (TPSA) is 54.4 Å². The molecule has 3 heteroatoms. The fraction of sp³-hybridized carbons (Fsp3) is 0.100. The molecule has 4 rings (SSSR count). The summed E-state index contributed by atoms with van der Waals surface area (Å²) in [7, 11) is 0. The van der Waals surface area contributed by atoms with Crippen LogP contribution in [0.25, 0.3) is 10.8 Å². The molecule has 3 nitrogen and oxygen atoms in total. The van der Waals surface area contributed by atoms with Crippen molar-refractivity contribution in [2.24, 2.45) is 0 Å². The minimum absolute atomic E-state index is 0.322. The molecular formula is C20H14O3. The molecule has 0 heterocycles. The van der Waals surface area contributed by atoms with Gasteiger partial charge in [0.05, 0.1) is 6.61 Å². The largest absolute Gasteiger partial charge is 0.394 e. The van der Waals surface area contributed by atoms with E-state index in [1.165, 1.54) is 0 Å². The van der Waals surface area contributed by atoms with Crippen LogP contribution in [-0.2, 0) is 5.41 Å². The van der Waals surface area contributed by atoms with Crippen molar-refractivity contribution in [3.05, 3.63) is 83.4 Å². The molecule has 1 aliphatic rings. The van der Waals surface area contributed by atoms with Crippen LogP contribution in [0.4, 0.5) is 0 Å². The molecule has 0 aromatic heterocycles. The van der Waals surface area contributed by atoms with Crippen LogP contribution in [0.15, 0.2) is 66.7 Å². The van der Waals surface area contributed by atoms with Gasteiger partial charge < -0.3 is 5.11 Å². The van der Waals surface area contributed by atoms with Crippen molar-refractivity contribution in [2.75, 3.05) is 6.61 Å². The van der Waals surface area contributed by atoms with Gasteiger partial charge in [-0.3, -0.25) is 9.59 Å². The zero-order valence-corrected chi connectivity index (χ0v) is 12.3. The van der Waals surface area contributed by atoms with E-state index in [0.717, 1.165) is 10.8 Å². The molecule has 1 N–H and O–H groups in total. The van der Waals surface area contributed by atoms with Crippen LogP contribution < -0.4 is 0 Å². The number of Topliss-reactive ketones (excluding diaryl/α,β-unsaturated/α-hetero) is 2. The first-order valence-corrected chi connectivity index (χ1v) is 7.48. The number of carbonyl (C=O) groups excluding carboxylic acids is 2. The molecule has 0 amide bonds. The SMILES string of the molecule is O=C1c2ccccc2C(=O)C1(CO)c1cccc2ccccc12. The minimum Gasteiger partial charge on any atom is -0.394 e. The van der Waals surface area contributed by atoms with E-state index in [4.69, 9.17) is 0 Å². The molecule has 112 valence electrons. The average molecular weight is 302 g/mol. The molecule has 0 radical (unpaired) electrons. The highest BCUT2D eigenvalue weighted by Gasteiger charge is 2.54. The van der Waals surface area contributed by atoms with E-state index < -0.39 is 12.0 Å². The van der Waals surface area contributed by atoms with Gasteiger partial charge >= 0.3 is 0 Å². The van der Waals surface area contributed by atoms with E-state index in [0.29, 0.717) is 16.7 Å². The number of fused-ring (bicyclic) bond motifs is 2. The van der Waals surface area contributed by atoms with E-state index in [1.54, 1.807) is 30.3 Å². The summed E-state index contributed by atoms with van der Waals surface area (Å²) in [4.78, 5) is 26.0. The third kappa shape index (κ3) is 1.68. The molecule has 0 aliphatic heterocycles. The van der Waals surface area contributed by atoms with Crippen molar-refractivity contribution in [1.82, 2.24) is 0 Å². The second kappa shape index (κ2) is 4.86.